The molecule has 2 unspecified atom stereocenters. The van der Waals surface area contributed by atoms with Gasteiger partial charge in [0, 0.05) is 23.3 Å². The number of aromatic nitrogens is 3. The summed E-state index contributed by atoms with van der Waals surface area (Å²) in [5.41, 5.74) is 5.17. The van der Waals surface area contributed by atoms with Crippen LogP contribution in [0.1, 0.15) is 60.6 Å². The summed E-state index contributed by atoms with van der Waals surface area (Å²) in [5.74, 6) is 0.816. The summed E-state index contributed by atoms with van der Waals surface area (Å²) in [6.45, 7) is 6.03. The summed E-state index contributed by atoms with van der Waals surface area (Å²) >= 11 is 0. The molecular weight excluding hydrogens is 458 g/mol. The molecular formula is C27H33N5O4. The maximum atomic E-state index is 13.3. The molecule has 2 aromatic heterocycles. The Hall–Kier alpha value is -3.46. The second-order valence-corrected chi connectivity index (χ2v) is 10.2. The fourth-order valence-electron chi connectivity index (χ4n) is 4.87. The lowest BCUT2D eigenvalue weighted by Gasteiger charge is -2.15. The first kappa shape index (κ1) is 24.2. The highest BCUT2D eigenvalue weighted by Gasteiger charge is 2.30. The largest absolute Gasteiger partial charge is 0.493 e. The minimum Gasteiger partial charge on any atom is -0.493 e. The number of hydrogen-bond acceptors (Lipinski definition) is 6. The van der Waals surface area contributed by atoms with Crippen LogP contribution in [0.3, 0.4) is 0 Å². The van der Waals surface area contributed by atoms with E-state index in [2.05, 4.69) is 31.7 Å². The van der Waals surface area contributed by atoms with Crippen molar-refractivity contribution >= 4 is 22.8 Å². The number of nitrogens with one attached hydrogen (secondary N) is 3. The molecule has 2 heterocycles. The molecule has 36 heavy (non-hydrogen) atoms. The first-order valence-corrected chi connectivity index (χ1v) is 12.7. The molecule has 9 heteroatoms. The molecule has 1 aromatic carbocycles. The standard InChI is InChI=1S/C27H33N5O4/c1-14-4-9-21(36-12-17-5-6-17)20(10-14)23-25-24(29-13-28-23)22(15(2)30-25)27(35)32-19-8-7-18(11-19)31-26(34)16(3)33/h4,9-10,13,16-19,30,33H,5-8,11-12H2,1-3H3,(H,31,34)(H,32,35)/t16-,18?,19?/m0/s1. The van der Waals surface area contributed by atoms with E-state index in [-0.39, 0.29) is 23.9 Å². The number of aryl methyl sites for hydroxylation is 2. The minimum absolute atomic E-state index is 0.0641. The zero-order valence-electron chi connectivity index (χ0n) is 20.9. The van der Waals surface area contributed by atoms with E-state index in [0.29, 0.717) is 46.9 Å². The van der Waals surface area contributed by atoms with Gasteiger partial charge in [-0.3, -0.25) is 9.59 Å². The van der Waals surface area contributed by atoms with Crippen molar-refractivity contribution in [2.45, 2.75) is 71.1 Å². The number of carbonyl (C=O) groups is 2. The van der Waals surface area contributed by atoms with Crippen LogP contribution in [-0.4, -0.2) is 56.7 Å². The predicted octanol–water partition coefficient (Wildman–Crippen LogP) is 3.18. The highest BCUT2D eigenvalue weighted by atomic mass is 16.5. The van der Waals surface area contributed by atoms with Gasteiger partial charge in [0.2, 0.25) is 5.91 Å². The maximum Gasteiger partial charge on any atom is 0.255 e. The van der Waals surface area contributed by atoms with E-state index in [1.165, 1.54) is 26.1 Å². The number of hydrogen-bond donors (Lipinski definition) is 4. The topological polar surface area (TPSA) is 129 Å². The van der Waals surface area contributed by atoms with Crippen molar-refractivity contribution in [2.75, 3.05) is 6.61 Å². The van der Waals surface area contributed by atoms with Crippen molar-refractivity contribution in [3.05, 3.63) is 41.3 Å². The Morgan fingerprint density at radius 1 is 1.14 bits per heavy atom. The molecule has 0 saturated heterocycles. The number of benzene rings is 1. The third-order valence-electron chi connectivity index (χ3n) is 7.05. The highest BCUT2D eigenvalue weighted by Crippen LogP contribution is 2.37. The average Bonchev–Trinajstić information content (AvgIpc) is 3.47. The third kappa shape index (κ3) is 5.06. The summed E-state index contributed by atoms with van der Waals surface area (Å²) in [6, 6.07) is 5.94. The number of amides is 2. The first-order valence-electron chi connectivity index (χ1n) is 12.7. The molecule has 3 atom stereocenters. The van der Waals surface area contributed by atoms with Crippen molar-refractivity contribution in [1.29, 1.82) is 0 Å². The van der Waals surface area contributed by atoms with E-state index in [0.717, 1.165) is 29.7 Å². The SMILES string of the molecule is Cc1ccc(OCC2CC2)c(-c2ncnc3c(C(=O)NC4CCC(NC(=O)[C@H](C)O)C4)c(C)[nH]c23)c1. The van der Waals surface area contributed by atoms with E-state index >= 15 is 0 Å². The zero-order chi connectivity index (χ0) is 25.4. The zero-order valence-corrected chi connectivity index (χ0v) is 20.9. The Morgan fingerprint density at radius 3 is 2.61 bits per heavy atom. The van der Waals surface area contributed by atoms with Crippen molar-refractivity contribution in [2.24, 2.45) is 5.92 Å². The van der Waals surface area contributed by atoms with Crippen LogP contribution >= 0.6 is 0 Å². The molecule has 190 valence electrons. The van der Waals surface area contributed by atoms with Crippen LogP contribution in [0.15, 0.2) is 24.5 Å². The van der Waals surface area contributed by atoms with Gasteiger partial charge in [0.25, 0.3) is 5.91 Å². The lowest BCUT2D eigenvalue weighted by atomic mass is 10.1. The molecule has 2 aliphatic carbocycles. The van der Waals surface area contributed by atoms with Crippen LogP contribution in [0.2, 0.25) is 0 Å². The Labute approximate surface area is 210 Å². The molecule has 2 fully saturated rings. The van der Waals surface area contributed by atoms with Gasteiger partial charge in [-0.2, -0.15) is 0 Å². The second-order valence-electron chi connectivity index (χ2n) is 10.2. The van der Waals surface area contributed by atoms with E-state index in [9.17, 15) is 14.7 Å². The van der Waals surface area contributed by atoms with Crippen molar-refractivity contribution in [3.63, 3.8) is 0 Å². The Balaban J connectivity index is 1.39. The number of ether oxygens (including phenoxy) is 1. The van der Waals surface area contributed by atoms with Crippen LogP contribution in [0.25, 0.3) is 22.3 Å². The maximum absolute atomic E-state index is 13.3. The third-order valence-corrected chi connectivity index (χ3v) is 7.05. The predicted molar refractivity (Wildman–Crippen MR) is 136 cm³/mol. The molecule has 0 spiro atoms. The number of aliphatic hydroxyl groups is 1. The fourth-order valence-corrected chi connectivity index (χ4v) is 4.87. The van der Waals surface area contributed by atoms with Crippen LogP contribution in [-0.2, 0) is 4.79 Å². The second kappa shape index (κ2) is 9.89. The van der Waals surface area contributed by atoms with Gasteiger partial charge in [0.1, 0.15) is 29.4 Å². The number of carbonyl (C=O) groups excluding carboxylic acids is 2. The summed E-state index contributed by atoms with van der Waals surface area (Å²) in [7, 11) is 0. The molecule has 9 nitrogen and oxygen atoms in total. The monoisotopic (exact) mass is 491 g/mol. The molecule has 2 saturated carbocycles. The van der Waals surface area contributed by atoms with E-state index in [1.807, 2.05) is 26.0 Å². The Bertz CT molecular complexity index is 1300. The molecule has 3 aromatic rings. The van der Waals surface area contributed by atoms with Crippen molar-refractivity contribution in [1.82, 2.24) is 25.6 Å². The lowest BCUT2D eigenvalue weighted by molar-refractivity contribution is -0.129. The average molecular weight is 492 g/mol. The first-order chi connectivity index (χ1) is 17.3. The van der Waals surface area contributed by atoms with Gasteiger partial charge < -0.3 is 25.5 Å². The molecule has 0 radical (unpaired) electrons. The smallest absolute Gasteiger partial charge is 0.255 e. The fraction of sp³-hybridized carbons (Fsp3) is 0.481. The van der Waals surface area contributed by atoms with E-state index in [4.69, 9.17) is 4.74 Å². The van der Waals surface area contributed by atoms with Gasteiger partial charge in [-0.1, -0.05) is 11.6 Å². The van der Waals surface area contributed by atoms with Gasteiger partial charge in [-0.05, 0) is 70.9 Å². The molecule has 2 aliphatic rings. The van der Waals surface area contributed by atoms with Crippen LogP contribution in [0.5, 0.6) is 5.75 Å². The van der Waals surface area contributed by atoms with Gasteiger partial charge >= 0.3 is 0 Å². The van der Waals surface area contributed by atoms with Crippen LogP contribution in [0, 0.1) is 19.8 Å². The lowest BCUT2D eigenvalue weighted by Crippen LogP contribution is -2.40. The number of nitrogens with zero attached hydrogens (tertiary/aromatic N) is 2. The van der Waals surface area contributed by atoms with E-state index < -0.39 is 6.10 Å². The highest BCUT2D eigenvalue weighted by molar-refractivity contribution is 6.09. The van der Waals surface area contributed by atoms with Crippen LogP contribution in [0.4, 0.5) is 0 Å². The number of aliphatic hydroxyl groups excluding tert-OH is 1. The number of H-pyrrole nitrogens is 1. The van der Waals surface area contributed by atoms with E-state index in [1.54, 1.807) is 0 Å². The van der Waals surface area contributed by atoms with Crippen LogP contribution < -0.4 is 15.4 Å². The van der Waals surface area contributed by atoms with Gasteiger partial charge in [-0.15, -0.1) is 0 Å². The molecule has 0 bridgehead atoms. The quantitative estimate of drug-likeness (QED) is 0.383. The Kier molecular flexibility index (Phi) is 6.66. The molecule has 2 amide bonds. The summed E-state index contributed by atoms with van der Waals surface area (Å²) in [4.78, 5) is 37.5. The summed E-state index contributed by atoms with van der Waals surface area (Å²) < 4.78 is 6.15. The Morgan fingerprint density at radius 2 is 1.89 bits per heavy atom. The summed E-state index contributed by atoms with van der Waals surface area (Å²) in [6.07, 6.45) is 4.99. The van der Waals surface area contributed by atoms with Crippen molar-refractivity contribution in [3.8, 4) is 17.0 Å². The van der Waals surface area contributed by atoms with Gasteiger partial charge in [-0.25, -0.2) is 9.97 Å². The normalized spacial score (nSPS) is 20.3. The number of aromatic amines is 1. The number of fused-ring (bicyclic) bond motifs is 1. The van der Waals surface area contributed by atoms with Crippen molar-refractivity contribution < 1.29 is 19.4 Å². The summed E-state index contributed by atoms with van der Waals surface area (Å²) in [5, 5.41) is 15.4. The molecule has 4 N–H and O–H groups in total. The van der Waals surface area contributed by atoms with Gasteiger partial charge in [0.15, 0.2) is 0 Å². The minimum atomic E-state index is -1.05. The van der Waals surface area contributed by atoms with Gasteiger partial charge in [0.05, 0.1) is 17.7 Å². The molecule has 0 aliphatic heterocycles. The number of rotatable bonds is 8. The molecule has 5 rings (SSSR count).